The van der Waals surface area contributed by atoms with Crippen LogP contribution in [0, 0.1) is 13.8 Å². The van der Waals surface area contributed by atoms with Gasteiger partial charge in [-0.15, -0.1) is 0 Å². The fraction of sp³-hybridized carbons (Fsp3) is 0.267. The molecular formula is C15H16BrNO3. The molecule has 0 spiro atoms. The molecule has 1 aromatic carbocycles. The number of rotatable bonds is 3. The largest absolute Gasteiger partial charge is 0.495 e. The van der Waals surface area contributed by atoms with E-state index in [4.69, 9.17) is 4.74 Å². The molecule has 106 valence electrons. The van der Waals surface area contributed by atoms with Crippen molar-refractivity contribution in [3.63, 3.8) is 0 Å². The maximum absolute atomic E-state index is 11.3. The summed E-state index contributed by atoms with van der Waals surface area (Å²) in [5.74, 6) is -0.216. The van der Waals surface area contributed by atoms with Crippen molar-refractivity contribution in [1.29, 1.82) is 0 Å². The first-order valence-electron chi connectivity index (χ1n) is 6.10. The van der Waals surface area contributed by atoms with E-state index in [2.05, 4.69) is 15.9 Å². The minimum atomic E-state index is -0.921. The Labute approximate surface area is 126 Å². The average molecular weight is 338 g/mol. The lowest BCUT2D eigenvalue weighted by Crippen LogP contribution is -1.97. The molecule has 0 atom stereocenters. The number of nitrogens with zero attached hydrogens (tertiary/aromatic N) is 1. The molecule has 2 rings (SSSR count). The standard InChI is InChI=1S/C15H16BrNO3/c1-8-5-10(14(20-4)12(16)6-8)13-9(2)11(15(18)19)7-17(13)3/h5-7H,1-4H3,(H,18,19). The number of methoxy groups -OCH3 is 1. The Bertz CT molecular complexity index is 689. The Morgan fingerprint density at radius 2 is 2.00 bits per heavy atom. The zero-order valence-corrected chi connectivity index (χ0v) is 13.4. The molecule has 0 aliphatic carbocycles. The Morgan fingerprint density at radius 3 is 2.50 bits per heavy atom. The molecule has 4 nitrogen and oxygen atoms in total. The first-order valence-corrected chi connectivity index (χ1v) is 6.89. The molecule has 0 aliphatic heterocycles. The summed E-state index contributed by atoms with van der Waals surface area (Å²) < 4.78 is 8.13. The van der Waals surface area contributed by atoms with E-state index in [0.29, 0.717) is 11.3 Å². The van der Waals surface area contributed by atoms with Gasteiger partial charge < -0.3 is 14.4 Å². The number of hydrogen-bond donors (Lipinski definition) is 1. The molecular weight excluding hydrogens is 322 g/mol. The highest BCUT2D eigenvalue weighted by Crippen LogP contribution is 2.39. The van der Waals surface area contributed by atoms with Gasteiger partial charge in [0.05, 0.1) is 22.8 Å². The van der Waals surface area contributed by atoms with Gasteiger partial charge in [-0.3, -0.25) is 0 Å². The molecule has 0 radical (unpaired) electrons. The van der Waals surface area contributed by atoms with Crippen molar-refractivity contribution < 1.29 is 14.6 Å². The maximum Gasteiger partial charge on any atom is 0.337 e. The average Bonchev–Trinajstić information content (AvgIpc) is 2.64. The van der Waals surface area contributed by atoms with Gasteiger partial charge in [0.2, 0.25) is 0 Å². The lowest BCUT2D eigenvalue weighted by molar-refractivity contribution is 0.0696. The van der Waals surface area contributed by atoms with E-state index in [-0.39, 0.29) is 0 Å². The van der Waals surface area contributed by atoms with Gasteiger partial charge in [0, 0.05) is 18.8 Å². The fourth-order valence-corrected chi connectivity index (χ4v) is 3.20. The van der Waals surface area contributed by atoms with Crippen molar-refractivity contribution in [3.05, 3.63) is 39.5 Å². The molecule has 0 fully saturated rings. The van der Waals surface area contributed by atoms with Crippen molar-refractivity contribution in [2.45, 2.75) is 13.8 Å². The fourth-order valence-electron chi connectivity index (χ4n) is 2.47. The summed E-state index contributed by atoms with van der Waals surface area (Å²) in [4.78, 5) is 11.3. The van der Waals surface area contributed by atoms with Crippen molar-refractivity contribution in [2.75, 3.05) is 7.11 Å². The van der Waals surface area contributed by atoms with E-state index in [1.165, 1.54) is 0 Å². The van der Waals surface area contributed by atoms with Gasteiger partial charge in [-0.05, 0) is 53.0 Å². The Morgan fingerprint density at radius 1 is 1.35 bits per heavy atom. The normalized spacial score (nSPS) is 10.7. The minimum absolute atomic E-state index is 0.308. The maximum atomic E-state index is 11.3. The molecule has 1 aromatic heterocycles. The SMILES string of the molecule is COc1c(Br)cc(C)cc1-c1c(C)c(C(=O)O)cn1C. The lowest BCUT2D eigenvalue weighted by atomic mass is 10.0. The lowest BCUT2D eigenvalue weighted by Gasteiger charge is -2.14. The molecule has 20 heavy (non-hydrogen) atoms. The number of aromatic carboxylic acids is 1. The quantitative estimate of drug-likeness (QED) is 0.927. The Kier molecular flexibility index (Phi) is 3.90. The van der Waals surface area contributed by atoms with E-state index in [1.54, 1.807) is 13.3 Å². The first kappa shape index (κ1) is 14.7. The molecule has 0 unspecified atom stereocenters. The second kappa shape index (κ2) is 5.32. The van der Waals surface area contributed by atoms with Gasteiger partial charge in [0.15, 0.2) is 0 Å². The van der Waals surface area contributed by atoms with Gasteiger partial charge in [0.25, 0.3) is 0 Å². The monoisotopic (exact) mass is 337 g/mol. The zero-order valence-electron chi connectivity index (χ0n) is 11.8. The van der Waals surface area contributed by atoms with Crippen molar-refractivity contribution in [1.82, 2.24) is 4.57 Å². The van der Waals surface area contributed by atoms with Gasteiger partial charge >= 0.3 is 5.97 Å². The van der Waals surface area contributed by atoms with Crippen LogP contribution >= 0.6 is 15.9 Å². The van der Waals surface area contributed by atoms with Crippen LogP contribution in [0.2, 0.25) is 0 Å². The number of halogens is 1. The summed E-state index contributed by atoms with van der Waals surface area (Å²) in [5.41, 5.74) is 3.85. The van der Waals surface area contributed by atoms with Crippen LogP contribution in [0.25, 0.3) is 11.3 Å². The predicted molar refractivity (Wildman–Crippen MR) is 81.5 cm³/mol. The number of carboxylic acids is 1. The van der Waals surface area contributed by atoms with Crippen LogP contribution in [-0.4, -0.2) is 22.8 Å². The molecule has 0 aliphatic rings. The number of ether oxygens (including phenoxy) is 1. The highest BCUT2D eigenvalue weighted by Gasteiger charge is 2.20. The van der Waals surface area contributed by atoms with Crippen LogP contribution in [0.15, 0.2) is 22.8 Å². The number of hydrogen-bond acceptors (Lipinski definition) is 2. The topological polar surface area (TPSA) is 51.5 Å². The predicted octanol–water partition coefficient (Wildman–Crippen LogP) is 3.78. The third-order valence-electron chi connectivity index (χ3n) is 3.31. The third kappa shape index (κ3) is 2.33. The van der Waals surface area contributed by atoms with E-state index in [1.807, 2.05) is 37.6 Å². The Hall–Kier alpha value is -1.75. The van der Waals surface area contributed by atoms with E-state index < -0.39 is 5.97 Å². The van der Waals surface area contributed by atoms with E-state index >= 15 is 0 Å². The third-order valence-corrected chi connectivity index (χ3v) is 3.90. The van der Waals surface area contributed by atoms with Crippen LogP contribution < -0.4 is 4.74 Å². The van der Waals surface area contributed by atoms with Gasteiger partial charge in [-0.25, -0.2) is 4.79 Å². The van der Waals surface area contributed by atoms with E-state index in [9.17, 15) is 9.90 Å². The van der Waals surface area contributed by atoms with Crippen molar-refractivity contribution in [2.24, 2.45) is 7.05 Å². The Balaban J connectivity index is 2.78. The van der Waals surface area contributed by atoms with E-state index in [0.717, 1.165) is 26.9 Å². The summed E-state index contributed by atoms with van der Waals surface area (Å²) in [7, 11) is 3.44. The van der Waals surface area contributed by atoms with Gasteiger partial charge in [-0.1, -0.05) is 0 Å². The van der Waals surface area contributed by atoms with Crippen LogP contribution in [0.4, 0.5) is 0 Å². The summed E-state index contributed by atoms with van der Waals surface area (Å²) in [6.45, 7) is 3.80. The molecule has 1 N–H and O–H groups in total. The molecule has 0 bridgehead atoms. The summed E-state index contributed by atoms with van der Waals surface area (Å²) >= 11 is 3.49. The molecule has 0 saturated heterocycles. The number of benzene rings is 1. The van der Waals surface area contributed by atoms with Crippen molar-refractivity contribution in [3.8, 4) is 17.0 Å². The molecule has 1 heterocycles. The minimum Gasteiger partial charge on any atom is -0.495 e. The van der Waals surface area contributed by atoms with Crippen LogP contribution in [0.3, 0.4) is 0 Å². The van der Waals surface area contributed by atoms with Crippen LogP contribution in [0.5, 0.6) is 5.75 Å². The molecule has 0 amide bonds. The first-order chi connectivity index (χ1) is 9.36. The number of carbonyl (C=O) groups is 1. The highest BCUT2D eigenvalue weighted by atomic mass is 79.9. The van der Waals surface area contributed by atoms with Crippen molar-refractivity contribution >= 4 is 21.9 Å². The smallest absolute Gasteiger partial charge is 0.337 e. The summed E-state index contributed by atoms with van der Waals surface area (Å²) in [6.07, 6.45) is 1.63. The van der Waals surface area contributed by atoms with Gasteiger partial charge in [0.1, 0.15) is 5.75 Å². The number of aromatic nitrogens is 1. The molecule has 2 aromatic rings. The molecule has 0 saturated carbocycles. The highest BCUT2D eigenvalue weighted by molar-refractivity contribution is 9.10. The van der Waals surface area contributed by atoms with Crippen LogP contribution in [-0.2, 0) is 7.05 Å². The molecule has 5 heteroatoms. The zero-order chi connectivity index (χ0) is 15.0. The van der Waals surface area contributed by atoms with Crippen LogP contribution in [0.1, 0.15) is 21.5 Å². The number of aryl methyl sites for hydroxylation is 2. The van der Waals surface area contributed by atoms with Gasteiger partial charge in [-0.2, -0.15) is 0 Å². The summed E-state index contributed by atoms with van der Waals surface area (Å²) in [6, 6.07) is 3.97. The second-order valence-corrected chi connectivity index (χ2v) is 5.61. The number of carboxylic acid groups (broad SMARTS) is 1. The second-order valence-electron chi connectivity index (χ2n) is 4.76. The summed E-state index contributed by atoms with van der Waals surface area (Å²) in [5, 5.41) is 9.23.